The lowest BCUT2D eigenvalue weighted by molar-refractivity contribution is -0.201. The van der Waals surface area contributed by atoms with E-state index in [-0.39, 0.29) is 68.6 Å². The van der Waals surface area contributed by atoms with Gasteiger partial charge in [0, 0.05) is 62.4 Å². The van der Waals surface area contributed by atoms with Gasteiger partial charge in [0.1, 0.15) is 54.0 Å². The van der Waals surface area contributed by atoms with Gasteiger partial charge >= 0.3 is 6.18 Å². The van der Waals surface area contributed by atoms with Crippen LogP contribution in [0, 0.1) is 41.4 Å². The van der Waals surface area contributed by atoms with Gasteiger partial charge in [-0.1, -0.05) is 93.9 Å². The molecule has 2 heterocycles. The Kier molecular flexibility index (Phi) is 31.6. The Bertz CT molecular complexity index is 2740. The molecule has 4 aliphatic rings. The first-order valence-corrected chi connectivity index (χ1v) is 35.1. The maximum atomic E-state index is 15.2. The number of hydrogen-bond donors (Lipinski definition) is 4. The van der Waals surface area contributed by atoms with E-state index < -0.39 is 188 Å². The molecule has 2 saturated carbocycles. The van der Waals surface area contributed by atoms with Crippen LogP contribution < -0.4 is 21.3 Å². The molecule has 4 rings (SSSR count). The lowest BCUT2D eigenvalue weighted by atomic mass is 9.78. The molecule has 0 spiro atoms. The summed E-state index contributed by atoms with van der Waals surface area (Å²) in [6.07, 6.45) is -2.43. The molecule has 0 aromatic heterocycles. The number of rotatable bonds is 14. The van der Waals surface area contributed by atoms with Gasteiger partial charge in [-0.25, -0.2) is 4.39 Å². The molecule has 3 unspecified atom stereocenters. The quantitative estimate of drug-likeness (QED) is 0.161. The molecule has 0 aromatic carbocycles. The fraction of sp³-hybridized carbons (Fsp3) is 0.826. The summed E-state index contributed by atoms with van der Waals surface area (Å²) in [5, 5.41) is 11.1. The lowest BCUT2D eigenvalue weighted by Gasteiger charge is -2.39. The number of nitrogens with zero attached hydrogens (tertiary/aromatic N) is 8. The number of hydrogen-bond acceptors (Lipinski definition) is 12. The predicted molar refractivity (Wildman–Crippen MR) is 358 cm³/mol. The van der Waals surface area contributed by atoms with Crippen LogP contribution in [0.3, 0.4) is 0 Å². The Balaban J connectivity index is 1.86. The van der Waals surface area contributed by atoms with Crippen molar-refractivity contribution in [1.29, 1.82) is 0 Å². The maximum Gasteiger partial charge on any atom is 0.394 e. The van der Waals surface area contributed by atoms with Crippen LogP contribution in [0.2, 0.25) is 0 Å². The van der Waals surface area contributed by atoms with Crippen molar-refractivity contribution in [3.05, 3.63) is 0 Å². The SMILES string of the molecule is CC[C@H](C)[C@@H]1NC(=O)[C@H](CC(C)C)N(C)C(=O)C[C@@H](C(=O)N2CCCC2)N(C)C(=O)[C@H](CC(C)C)NC(=O)C(C)(C)N(C)C(=O)[C@H](CC(C)C)NC(=O)[C@H](CCC2CCC(C(F)(F)F)C(F)C2)NC(=O)CN(C)C(=O)[C@H](CC2CCCCC2)N(C)C(=O)CN(C)C(=O)CN(C)C1=O. The molecule has 12 amide bonds. The second kappa shape index (κ2) is 37.0. The van der Waals surface area contributed by atoms with E-state index in [0.717, 1.165) is 56.6 Å². The van der Waals surface area contributed by atoms with Gasteiger partial charge in [-0.15, -0.1) is 0 Å². The highest BCUT2D eigenvalue weighted by molar-refractivity contribution is 6.00. The van der Waals surface area contributed by atoms with Crippen LogP contribution in [0.5, 0.6) is 0 Å². The maximum absolute atomic E-state index is 15.2. The Morgan fingerprint density at radius 3 is 1.64 bits per heavy atom. The van der Waals surface area contributed by atoms with Crippen molar-refractivity contribution in [1.82, 2.24) is 60.5 Å². The van der Waals surface area contributed by atoms with Crippen LogP contribution >= 0.6 is 0 Å². The summed E-state index contributed by atoms with van der Waals surface area (Å²) in [6, 6.07) is -9.20. The second-order valence-electron chi connectivity index (χ2n) is 30.0. The minimum atomic E-state index is -4.76. The third-order valence-electron chi connectivity index (χ3n) is 20.4. The topological polar surface area (TPSA) is 279 Å². The molecule has 0 aromatic rings. The van der Waals surface area contributed by atoms with Gasteiger partial charge in [-0.2, -0.15) is 13.2 Å². The zero-order chi connectivity index (χ0) is 73.3. The van der Waals surface area contributed by atoms with E-state index in [1.165, 1.54) is 73.0 Å². The molecule has 97 heavy (non-hydrogen) atoms. The first-order chi connectivity index (χ1) is 45.1. The summed E-state index contributed by atoms with van der Waals surface area (Å²) >= 11 is 0. The fourth-order valence-electron chi connectivity index (χ4n) is 13.6. The van der Waals surface area contributed by atoms with Gasteiger partial charge in [-0.05, 0) is 120 Å². The van der Waals surface area contributed by atoms with E-state index in [1.807, 2.05) is 34.6 Å². The normalized spacial score (nSPS) is 28.2. The van der Waals surface area contributed by atoms with Gasteiger partial charge in [0.25, 0.3) is 0 Å². The van der Waals surface area contributed by atoms with Crippen LogP contribution in [-0.4, -0.2) is 252 Å². The van der Waals surface area contributed by atoms with Gasteiger partial charge < -0.3 is 60.5 Å². The van der Waals surface area contributed by atoms with Gasteiger partial charge in [-0.3, -0.25) is 57.5 Å². The van der Waals surface area contributed by atoms with Crippen LogP contribution in [-0.2, 0) is 57.5 Å². The van der Waals surface area contributed by atoms with Crippen LogP contribution in [0.4, 0.5) is 17.6 Å². The van der Waals surface area contributed by atoms with E-state index in [1.54, 1.807) is 25.7 Å². The third-order valence-corrected chi connectivity index (χ3v) is 20.4. The van der Waals surface area contributed by atoms with Crippen LogP contribution in [0.25, 0.3) is 0 Å². The third kappa shape index (κ3) is 23.5. The molecule has 2 aliphatic heterocycles. The number of halogens is 4. The molecule has 24 nitrogen and oxygen atoms in total. The monoisotopic (exact) mass is 1380 g/mol. The molecule has 0 bridgehead atoms. The van der Waals surface area contributed by atoms with E-state index >= 15 is 9.18 Å². The summed E-state index contributed by atoms with van der Waals surface area (Å²) in [5.74, 6) is -12.6. The van der Waals surface area contributed by atoms with E-state index in [2.05, 4.69) is 21.3 Å². The number of carbonyl (C=O) groups excluding carboxylic acids is 12. The molecular formula is C69H116F4N12O12. The van der Waals surface area contributed by atoms with Crippen molar-refractivity contribution in [2.45, 2.75) is 245 Å². The number of likely N-dealkylation sites (N-methyl/N-ethyl adjacent to an activating group) is 7. The standard InChI is InChI=1S/C69H116F4N12O12/c1-18-44(8)59-66(96)80(13)39-57(88)78(11)40-58(89)82(15)53(36-45-24-20-19-21-25-45)64(94)79(12)38-55(86)74-49(29-27-46-26-28-47(48(70)35-46)69(71,72)73)60(90)75-51(33-42(4)5)63(93)84(17)68(9,10)67(97)76-50(32-41(2)3)62(92)83(16)54(65(95)85-30-22-23-31-85)37-56(87)81(14)52(34-43(6)7)61(91)77-59/h41-54,59H,18-40H2,1-17H3,(H,74,86)(H,75,90)(H,76,97)(H,77,91)/t44-,46?,47?,48?,49-,50-,51-,52-,53-,54-,59-/m0/s1. The predicted octanol–water partition coefficient (Wildman–Crippen LogP) is 5.30. The van der Waals surface area contributed by atoms with Crippen molar-refractivity contribution in [2.75, 3.05) is 82.1 Å². The Labute approximate surface area is 572 Å². The highest BCUT2D eigenvalue weighted by Gasteiger charge is 2.49. The number of nitrogens with one attached hydrogen (secondary N) is 4. The van der Waals surface area contributed by atoms with Crippen molar-refractivity contribution in [2.24, 2.45) is 41.4 Å². The number of carbonyl (C=O) groups is 12. The number of amides is 12. The lowest BCUT2D eigenvalue weighted by Crippen LogP contribution is -2.63. The Hall–Kier alpha value is -6.64. The van der Waals surface area contributed by atoms with Gasteiger partial charge in [0.15, 0.2) is 0 Å². The van der Waals surface area contributed by atoms with Crippen molar-refractivity contribution >= 4 is 70.9 Å². The molecule has 2 aliphatic carbocycles. The highest BCUT2D eigenvalue weighted by Crippen LogP contribution is 2.43. The van der Waals surface area contributed by atoms with E-state index in [0.29, 0.717) is 32.4 Å². The summed E-state index contributed by atoms with van der Waals surface area (Å²) in [7, 11) is 9.60. The van der Waals surface area contributed by atoms with Gasteiger partial charge in [0.2, 0.25) is 70.9 Å². The first kappa shape index (κ1) is 82.8. The second-order valence-corrected chi connectivity index (χ2v) is 30.0. The fourth-order valence-corrected chi connectivity index (χ4v) is 13.6. The zero-order valence-electron chi connectivity index (χ0n) is 60.9. The van der Waals surface area contributed by atoms with Crippen LogP contribution in [0.1, 0.15) is 185 Å². The molecule has 28 heteroatoms. The summed E-state index contributed by atoms with van der Waals surface area (Å²) in [4.78, 5) is 185. The van der Waals surface area contributed by atoms with Crippen molar-refractivity contribution in [3.8, 4) is 0 Å². The molecule has 552 valence electrons. The van der Waals surface area contributed by atoms with Crippen molar-refractivity contribution in [3.63, 3.8) is 0 Å². The Morgan fingerprint density at radius 2 is 1.09 bits per heavy atom. The number of alkyl halides is 4. The van der Waals surface area contributed by atoms with E-state index in [9.17, 15) is 65.9 Å². The molecular weight excluding hydrogens is 1260 g/mol. The van der Waals surface area contributed by atoms with Gasteiger partial charge in [0.05, 0.1) is 32.0 Å². The minimum Gasteiger partial charge on any atom is -0.343 e. The highest BCUT2D eigenvalue weighted by atomic mass is 19.4. The Morgan fingerprint density at radius 1 is 0.546 bits per heavy atom. The zero-order valence-corrected chi connectivity index (χ0v) is 60.9. The first-order valence-electron chi connectivity index (χ1n) is 35.1. The molecule has 11 atom stereocenters. The molecule has 4 fully saturated rings. The summed E-state index contributed by atoms with van der Waals surface area (Å²) in [5.41, 5.74) is -1.78. The summed E-state index contributed by atoms with van der Waals surface area (Å²) < 4.78 is 56.6. The molecule has 2 saturated heterocycles. The minimum absolute atomic E-state index is 0.00452. The number of likely N-dealkylation sites (tertiary alicyclic amines) is 1. The van der Waals surface area contributed by atoms with Crippen molar-refractivity contribution < 1.29 is 75.1 Å². The summed E-state index contributed by atoms with van der Waals surface area (Å²) in [6.45, 7) is 16.3. The molecule has 4 N–H and O–H groups in total. The smallest absolute Gasteiger partial charge is 0.343 e. The molecule has 0 radical (unpaired) electrons. The van der Waals surface area contributed by atoms with Crippen LogP contribution in [0.15, 0.2) is 0 Å². The average molecular weight is 1380 g/mol. The van der Waals surface area contributed by atoms with E-state index in [4.69, 9.17) is 0 Å². The average Bonchev–Trinajstić information content (AvgIpc) is 1.10. The largest absolute Gasteiger partial charge is 0.394 e.